The van der Waals surface area contributed by atoms with Crippen molar-refractivity contribution in [3.05, 3.63) is 29.3 Å². The maximum atomic E-state index is 9.58. The predicted molar refractivity (Wildman–Crippen MR) is 67.1 cm³/mol. The van der Waals surface area contributed by atoms with Crippen molar-refractivity contribution in [3.8, 4) is 5.75 Å². The van der Waals surface area contributed by atoms with E-state index < -0.39 is 6.10 Å². The van der Waals surface area contributed by atoms with Crippen LogP contribution in [0, 0.1) is 6.92 Å². The number of aliphatic hydroxyl groups is 1. The van der Waals surface area contributed by atoms with Gasteiger partial charge in [0.25, 0.3) is 0 Å². The minimum absolute atomic E-state index is 0.218. The average molecular weight is 239 g/mol. The van der Waals surface area contributed by atoms with Gasteiger partial charge < -0.3 is 20.3 Å². The third kappa shape index (κ3) is 4.73. The van der Waals surface area contributed by atoms with Crippen LogP contribution in [0.15, 0.2) is 18.2 Å². The first-order chi connectivity index (χ1) is 8.17. The number of rotatable bonds is 7. The second-order valence-electron chi connectivity index (χ2n) is 3.94. The Hall–Kier alpha value is -1.10. The van der Waals surface area contributed by atoms with Crippen molar-refractivity contribution in [1.29, 1.82) is 0 Å². The zero-order valence-corrected chi connectivity index (χ0v) is 10.5. The molecule has 0 aliphatic carbocycles. The summed E-state index contributed by atoms with van der Waals surface area (Å²) in [6.07, 6.45) is -0.609. The Kier molecular flexibility index (Phi) is 5.97. The molecule has 0 amide bonds. The van der Waals surface area contributed by atoms with Crippen molar-refractivity contribution < 1.29 is 14.6 Å². The van der Waals surface area contributed by atoms with Crippen molar-refractivity contribution in [2.75, 3.05) is 19.8 Å². The van der Waals surface area contributed by atoms with E-state index in [9.17, 15) is 5.11 Å². The molecule has 17 heavy (non-hydrogen) atoms. The van der Waals surface area contributed by atoms with E-state index in [1.165, 1.54) is 0 Å². The first-order valence-electron chi connectivity index (χ1n) is 5.85. The van der Waals surface area contributed by atoms with E-state index in [2.05, 4.69) is 0 Å². The molecule has 4 nitrogen and oxygen atoms in total. The lowest BCUT2D eigenvalue weighted by Crippen LogP contribution is -2.23. The maximum Gasteiger partial charge on any atom is 0.123 e. The molecule has 0 saturated carbocycles. The monoisotopic (exact) mass is 239 g/mol. The Labute approximate surface area is 102 Å². The number of hydrogen-bond donors (Lipinski definition) is 2. The van der Waals surface area contributed by atoms with Gasteiger partial charge in [0, 0.05) is 18.7 Å². The topological polar surface area (TPSA) is 64.7 Å². The van der Waals surface area contributed by atoms with Gasteiger partial charge in [0.15, 0.2) is 0 Å². The third-order valence-electron chi connectivity index (χ3n) is 2.38. The smallest absolute Gasteiger partial charge is 0.123 e. The molecule has 0 bridgehead atoms. The molecule has 0 aromatic heterocycles. The van der Waals surface area contributed by atoms with Crippen LogP contribution in [0.1, 0.15) is 18.1 Å². The second kappa shape index (κ2) is 7.27. The lowest BCUT2D eigenvalue weighted by atomic mass is 10.1. The highest BCUT2D eigenvalue weighted by Crippen LogP contribution is 2.19. The highest BCUT2D eigenvalue weighted by Gasteiger charge is 2.07. The van der Waals surface area contributed by atoms with Crippen LogP contribution in [0.4, 0.5) is 0 Å². The van der Waals surface area contributed by atoms with E-state index >= 15 is 0 Å². The molecule has 0 radical (unpaired) electrons. The first kappa shape index (κ1) is 14.0. The summed E-state index contributed by atoms with van der Waals surface area (Å²) in [7, 11) is 0. The number of hydrogen-bond acceptors (Lipinski definition) is 4. The van der Waals surface area contributed by atoms with E-state index in [1.807, 2.05) is 32.0 Å². The number of nitrogens with two attached hydrogens (primary N) is 1. The van der Waals surface area contributed by atoms with E-state index in [1.54, 1.807) is 0 Å². The van der Waals surface area contributed by atoms with Crippen LogP contribution in [0.3, 0.4) is 0 Å². The summed E-state index contributed by atoms with van der Waals surface area (Å²) < 4.78 is 10.6. The van der Waals surface area contributed by atoms with E-state index in [0.29, 0.717) is 19.8 Å². The average Bonchev–Trinajstić information content (AvgIpc) is 2.34. The van der Waals surface area contributed by atoms with Gasteiger partial charge >= 0.3 is 0 Å². The van der Waals surface area contributed by atoms with Gasteiger partial charge in [0.05, 0.1) is 6.61 Å². The van der Waals surface area contributed by atoms with Gasteiger partial charge in [-0.25, -0.2) is 0 Å². The van der Waals surface area contributed by atoms with E-state index in [-0.39, 0.29) is 6.61 Å². The molecular formula is C13H21NO3. The lowest BCUT2D eigenvalue weighted by Gasteiger charge is -2.14. The Morgan fingerprint density at radius 3 is 2.76 bits per heavy atom. The summed E-state index contributed by atoms with van der Waals surface area (Å²) in [6.45, 7) is 5.43. The highest BCUT2D eigenvalue weighted by atomic mass is 16.5. The van der Waals surface area contributed by atoms with Gasteiger partial charge in [0.2, 0.25) is 0 Å². The van der Waals surface area contributed by atoms with Crippen LogP contribution in [-0.4, -0.2) is 31.0 Å². The summed E-state index contributed by atoms with van der Waals surface area (Å²) in [6, 6.07) is 5.83. The molecule has 0 spiro atoms. The molecular weight excluding hydrogens is 218 g/mol. The third-order valence-corrected chi connectivity index (χ3v) is 2.38. The number of benzene rings is 1. The maximum absolute atomic E-state index is 9.58. The van der Waals surface area contributed by atoms with Crippen molar-refractivity contribution >= 4 is 0 Å². The van der Waals surface area contributed by atoms with Crippen molar-refractivity contribution in [3.63, 3.8) is 0 Å². The van der Waals surface area contributed by atoms with Crippen molar-refractivity contribution in [2.24, 2.45) is 5.73 Å². The first-order valence-corrected chi connectivity index (χ1v) is 5.85. The van der Waals surface area contributed by atoms with Crippen molar-refractivity contribution in [2.45, 2.75) is 26.5 Å². The summed E-state index contributed by atoms with van der Waals surface area (Å²) >= 11 is 0. The SMILES string of the molecule is CCOCC(O)COc1ccc(C)cc1CN. The minimum atomic E-state index is -0.609. The van der Waals surface area contributed by atoms with Gasteiger partial charge in [-0.05, 0) is 19.9 Å². The van der Waals surface area contributed by atoms with E-state index in [4.69, 9.17) is 15.2 Å². The molecule has 96 valence electrons. The quantitative estimate of drug-likeness (QED) is 0.751. The molecule has 1 atom stereocenters. The lowest BCUT2D eigenvalue weighted by molar-refractivity contribution is 0.0162. The summed E-state index contributed by atoms with van der Waals surface area (Å²) in [5.41, 5.74) is 7.74. The summed E-state index contributed by atoms with van der Waals surface area (Å²) in [5, 5.41) is 9.58. The van der Waals surface area contributed by atoms with E-state index in [0.717, 1.165) is 16.9 Å². The molecule has 0 heterocycles. The highest BCUT2D eigenvalue weighted by molar-refractivity contribution is 5.36. The number of aryl methyl sites for hydroxylation is 1. The van der Waals surface area contributed by atoms with Crippen LogP contribution in [-0.2, 0) is 11.3 Å². The number of ether oxygens (including phenoxy) is 2. The molecule has 1 unspecified atom stereocenters. The molecule has 0 saturated heterocycles. The van der Waals surface area contributed by atoms with Crippen LogP contribution in [0.2, 0.25) is 0 Å². The summed E-state index contributed by atoms with van der Waals surface area (Å²) in [5.74, 6) is 0.730. The molecule has 1 aromatic rings. The van der Waals surface area contributed by atoms with Gasteiger partial charge in [-0.15, -0.1) is 0 Å². The van der Waals surface area contributed by atoms with Gasteiger partial charge in [-0.2, -0.15) is 0 Å². The minimum Gasteiger partial charge on any atom is -0.490 e. The van der Waals surface area contributed by atoms with Gasteiger partial charge in [-0.3, -0.25) is 0 Å². The Morgan fingerprint density at radius 1 is 1.35 bits per heavy atom. The molecule has 0 fully saturated rings. The molecule has 0 aliphatic rings. The van der Waals surface area contributed by atoms with Gasteiger partial charge in [-0.1, -0.05) is 17.7 Å². The standard InChI is InChI=1S/C13H21NO3/c1-3-16-8-12(15)9-17-13-5-4-10(2)6-11(13)7-14/h4-6,12,15H,3,7-9,14H2,1-2H3. The summed E-state index contributed by atoms with van der Waals surface area (Å²) in [4.78, 5) is 0. The molecule has 1 aromatic carbocycles. The van der Waals surface area contributed by atoms with Gasteiger partial charge in [0.1, 0.15) is 18.5 Å². The number of aliphatic hydroxyl groups excluding tert-OH is 1. The van der Waals surface area contributed by atoms with Crippen LogP contribution >= 0.6 is 0 Å². The van der Waals surface area contributed by atoms with Crippen LogP contribution in [0.5, 0.6) is 5.75 Å². The second-order valence-corrected chi connectivity index (χ2v) is 3.94. The zero-order chi connectivity index (χ0) is 12.7. The Balaban J connectivity index is 2.50. The van der Waals surface area contributed by atoms with Crippen LogP contribution < -0.4 is 10.5 Å². The fraction of sp³-hybridized carbons (Fsp3) is 0.538. The zero-order valence-electron chi connectivity index (χ0n) is 10.5. The molecule has 1 rings (SSSR count). The normalized spacial score (nSPS) is 12.5. The predicted octanol–water partition coefficient (Wildman–Crippen LogP) is 1.23. The Bertz CT molecular complexity index is 341. The largest absolute Gasteiger partial charge is 0.490 e. The van der Waals surface area contributed by atoms with Crippen LogP contribution in [0.25, 0.3) is 0 Å². The molecule has 4 heteroatoms. The Morgan fingerprint density at radius 2 is 2.12 bits per heavy atom. The fourth-order valence-electron chi connectivity index (χ4n) is 1.50. The molecule has 3 N–H and O–H groups in total. The van der Waals surface area contributed by atoms with Crippen molar-refractivity contribution in [1.82, 2.24) is 0 Å². The molecule has 0 aliphatic heterocycles. The fourth-order valence-corrected chi connectivity index (χ4v) is 1.50.